The number of hydrogen-bond acceptors (Lipinski definition) is 3. The Labute approximate surface area is 106 Å². The molecule has 2 atom stereocenters. The monoisotopic (exact) mass is 237 g/mol. The van der Waals surface area contributed by atoms with Crippen molar-refractivity contribution < 1.29 is 0 Å². The first-order valence-electron chi connectivity index (χ1n) is 7.65. The van der Waals surface area contributed by atoms with E-state index in [1.807, 2.05) is 0 Å². The maximum atomic E-state index is 3.66. The Morgan fingerprint density at radius 1 is 1.00 bits per heavy atom. The van der Waals surface area contributed by atoms with Gasteiger partial charge in [-0.1, -0.05) is 13.3 Å². The predicted octanol–water partition coefficient (Wildman–Crippen LogP) is 1.99. The fourth-order valence-corrected chi connectivity index (χ4v) is 4.18. The highest BCUT2D eigenvalue weighted by Crippen LogP contribution is 2.37. The minimum atomic E-state index is 0.790. The van der Waals surface area contributed by atoms with Gasteiger partial charge in [-0.2, -0.15) is 0 Å². The van der Waals surface area contributed by atoms with Gasteiger partial charge < -0.3 is 5.32 Å². The third-order valence-electron chi connectivity index (χ3n) is 4.85. The molecule has 0 aliphatic carbocycles. The molecular weight excluding hydrogens is 210 g/mol. The van der Waals surface area contributed by atoms with Crippen LogP contribution in [0.4, 0.5) is 0 Å². The fourth-order valence-electron chi connectivity index (χ4n) is 4.18. The average molecular weight is 237 g/mol. The van der Waals surface area contributed by atoms with E-state index < -0.39 is 0 Å². The van der Waals surface area contributed by atoms with E-state index in [-0.39, 0.29) is 0 Å². The number of rotatable bonds is 3. The summed E-state index contributed by atoms with van der Waals surface area (Å²) >= 11 is 0. The van der Waals surface area contributed by atoms with Gasteiger partial charge in [0.1, 0.15) is 0 Å². The number of nitrogens with one attached hydrogen (secondary N) is 1. The van der Waals surface area contributed by atoms with Crippen LogP contribution in [0.5, 0.6) is 0 Å². The Morgan fingerprint density at radius 3 is 2.24 bits per heavy atom. The first-order chi connectivity index (χ1) is 8.38. The van der Waals surface area contributed by atoms with Crippen molar-refractivity contribution in [3.8, 4) is 0 Å². The lowest BCUT2D eigenvalue weighted by Gasteiger charge is -2.46. The molecule has 3 saturated heterocycles. The van der Waals surface area contributed by atoms with Crippen LogP contribution >= 0.6 is 0 Å². The van der Waals surface area contributed by atoms with Gasteiger partial charge in [0.25, 0.3) is 0 Å². The van der Waals surface area contributed by atoms with Gasteiger partial charge >= 0.3 is 0 Å². The Balaban J connectivity index is 1.63. The molecule has 0 aromatic carbocycles. The van der Waals surface area contributed by atoms with E-state index in [2.05, 4.69) is 22.3 Å². The van der Waals surface area contributed by atoms with Crippen LogP contribution in [0.25, 0.3) is 0 Å². The normalized spacial score (nSPS) is 39.7. The van der Waals surface area contributed by atoms with Crippen LogP contribution in [0.3, 0.4) is 0 Å². The van der Waals surface area contributed by atoms with Crippen molar-refractivity contribution in [2.75, 3.05) is 19.6 Å². The number of fused-ring (bicyclic) bond motifs is 2. The molecule has 1 N–H and O–H groups in total. The average Bonchev–Trinajstić information content (AvgIpc) is 2.63. The molecule has 3 heterocycles. The first kappa shape index (κ1) is 11.9. The number of nitrogens with zero attached hydrogens (tertiary/aromatic N) is 2. The van der Waals surface area contributed by atoms with Gasteiger partial charge in [0.2, 0.25) is 0 Å². The van der Waals surface area contributed by atoms with E-state index in [0.717, 1.165) is 24.7 Å². The molecule has 0 saturated carbocycles. The topological polar surface area (TPSA) is 18.5 Å². The SMILES string of the molecule is CCNC1CC2CCC(C1)N2N1CCCCC1. The first-order valence-corrected chi connectivity index (χ1v) is 7.65. The maximum absolute atomic E-state index is 3.66. The lowest BCUT2D eigenvalue weighted by Crippen LogP contribution is -2.57. The Hall–Kier alpha value is -0.120. The van der Waals surface area contributed by atoms with Crippen LogP contribution in [0.15, 0.2) is 0 Å². The maximum Gasteiger partial charge on any atom is 0.0264 e. The van der Waals surface area contributed by atoms with Gasteiger partial charge in [0.15, 0.2) is 0 Å². The zero-order valence-corrected chi connectivity index (χ0v) is 11.2. The molecule has 2 bridgehead atoms. The smallest absolute Gasteiger partial charge is 0.0264 e. The van der Waals surface area contributed by atoms with Gasteiger partial charge in [0.05, 0.1) is 0 Å². The van der Waals surface area contributed by atoms with Crippen molar-refractivity contribution in [3.63, 3.8) is 0 Å². The molecule has 0 aromatic rings. The third-order valence-corrected chi connectivity index (χ3v) is 4.85. The standard InChI is InChI=1S/C14H27N3/c1-2-15-12-10-13-6-7-14(11-12)17(13)16-8-4-3-5-9-16/h12-15H,2-11H2,1H3. The van der Waals surface area contributed by atoms with E-state index in [1.165, 1.54) is 58.0 Å². The molecule has 3 rings (SSSR count). The van der Waals surface area contributed by atoms with E-state index in [0.29, 0.717) is 0 Å². The minimum absolute atomic E-state index is 0.790. The summed E-state index contributed by atoms with van der Waals surface area (Å²) in [6, 6.07) is 2.48. The number of hydrazine groups is 1. The molecule has 3 fully saturated rings. The van der Waals surface area contributed by atoms with E-state index in [1.54, 1.807) is 0 Å². The molecule has 98 valence electrons. The minimum Gasteiger partial charge on any atom is -0.314 e. The van der Waals surface area contributed by atoms with Crippen molar-refractivity contribution >= 4 is 0 Å². The zero-order valence-electron chi connectivity index (χ0n) is 11.2. The molecule has 3 nitrogen and oxygen atoms in total. The molecule has 17 heavy (non-hydrogen) atoms. The van der Waals surface area contributed by atoms with Gasteiger partial charge in [-0.05, 0) is 45.1 Å². The second-order valence-electron chi connectivity index (χ2n) is 6.01. The van der Waals surface area contributed by atoms with Crippen LogP contribution in [-0.4, -0.2) is 47.8 Å². The second kappa shape index (κ2) is 5.25. The van der Waals surface area contributed by atoms with Crippen LogP contribution < -0.4 is 5.32 Å². The molecular formula is C14H27N3. The summed E-state index contributed by atoms with van der Waals surface area (Å²) < 4.78 is 0. The highest BCUT2D eigenvalue weighted by atomic mass is 15.7. The molecule has 3 aliphatic heterocycles. The largest absolute Gasteiger partial charge is 0.314 e. The van der Waals surface area contributed by atoms with Gasteiger partial charge in [-0.3, -0.25) is 0 Å². The predicted molar refractivity (Wildman–Crippen MR) is 70.8 cm³/mol. The van der Waals surface area contributed by atoms with Crippen molar-refractivity contribution in [2.45, 2.75) is 70.0 Å². The Bertz CT molecular complexity index is 236. The lowest BCUT2D eigenvalue weighted by atomic mass is 9.98. The van der Waals surface area contributed by atoms with E-state index in [9.17, 15) is 0 Å². The van der Waals surface area contributed by atoms with E-state index in [4.69, 9.17) is 0 Å². The highest BCUT2D eigenvalue weighted by Gasteiger charge is 2.43. The molecule has 2 unspecified atom stereocenters. The number of hydrogen-bond donors (Lipinski definition) is 1. The molecule has 3 heteroatoms. The molecule has 3 aliphatic rings. The van der Waals surface area contributed by atoms with Crippen molar-refractivity contribution in [1.29, 1.82) is 0 Å². The number of piperidine rings is 2. The quantitative estimate of drug-likeness (QED) is 0.810. The summed E-state index contributed by atoms with van der Waals surface area (Å²) in [6.07, 6.45) is 9.88. The van der Waals surface area contributed by atoms with Crippen LogP contribution in [0.2, 0.25) is 0 Å². The van der Waals surface area contributed by atoms with Gasteiger partial charge in [-0.15, -0.1) is 0 Å². The summed E-state index contributed by atoms with van der Waals surface area (Å²) in [5.74, 6) is 0. The third kappa shape index (κ3) is 2.38. The molecule has 0 spiro atoms. The van der Waals surface area contributed by atoms with Gasteiger partial charge in [-0.25, -0.2) is 10.0 Å². The summed E-state index contributed by atoms with van der Waals surface area (Å²) in [6.45, 7) is 6.00. The second-order valence-corrected chi connectivity index (χ2v) is 6.01. The molecule has 0 aromatic heterocycles. The molecule has 0 amide bonds. The zero-order chi connectivity index (χ0) is 11.7. The summed E-state index contributed by atoms with van der Waals surface area (Å²) in [7, 11) is 0. The summed E-state index contributed by atoms with van der Waals surface area (Å²) in [5, 5.41) is 9.14. The molecule has 0 radical (unpaired) electrons. The fraction of sp³-hybridized carbons (Fsp3) is 1.00. The Morgan fingerprint density at radius 2 is 1.65 bits per heavy atom. The van der Waals surface area contributed by atoms with Crippen molar-refractivity contribution in [3.05, 3.63) is 0 Å². The Kier molecular flexibility index (Phi) is 3.69. The summed E-state index contributed by atoms with van der Waals surface area (Å²) in [5.41, 5.74) is 0. The highest BCUT2D eigenvalue weighted by molar-refractivity contribution is 4.96. The van der Waals surface area contributed by atoms with Crippen molar-refractivity contribution in [1.82, 2.24) is 15.3 Å². The van der Waals surface area contributed by atoms with Crippen molar-refractivity contribution in [2.24, 2.45) is 0 Å². The van der Waals surface area contributed by atoms with Crippen LogP contribution in [-0.2, 0) is 0 Å². The van der Waals surface area contributed by atoms with E-state index >= 15 is 0 Å². The van der Waals surface area contributed by atoms with Crippen LogP contribution in [0, 0.1) is 0 Å². The summed E-state index contributed by atoms with van der Waals surface area (Å²) in [4.78, 5) is 0. The lowest BCUT2D eigenvalue weighted by molar-refractivity contribution is -0.100. The van der Waals surface area contributed by atoms with Gasteiger partial charge in [0, 0.05) is 31.2 Å². The van der Waals surface area contributed by atoms with Crippen LogP contribution in [0.1, 0.15) is 51.9 Å².